The number of likely N-dealkylation sites (tertiary alicyclic amines) is 1. The van der Waals surface area contributed by atoms with Crippen molar-refractivity contribution >= 4 is 17.9 Å². The SMILES string of the molecule is CC1Oc2ccc(C=O)cc2N(CCN2CCCCC2)C1=O. The standard InChI is InChI=1S/C17H22N2O3/c1-13-17(21)19(10-9-18-7-3-2-4-8-18)15-11-14(12-20)5-6-16(15)22-13/h5-6,11-13H,2-4,7-10H2,1H3. The van der Waals surface area contributed by atoms with Gasteiger partial charge in [-0.1, -0.05) is 6.42 Å². The minimum atomic E-state index is -0.476. The number of anilines is 1. The molecule has 3 rings (SSSR count). The van der Waals surface area contributed by atoms with Gasteiger partial charge in [-0.2, -0.15) is 0 Å². The average molecular weight is 302 g/mol. The molecule has 1 aromatic rings. The highest BCUT2D eigenvalue weighted by atomic mass is 16.5. The average Bonchev–Trinajstić information content (AvgIpc) is 2.56. The molecule has 22 heavy (non-hydrogen) atoms. The van der Waals surface area contributed by atoms with Crippen molar-refractivity contribution < 1.29 is 14.3 Å². The minimum Gasteiger partial charge on any atom is -0.479 e. The lowest BCUT2D eigenvalue weighted by atomic mass is 10.1. The number of benzene rings is 1. The Kier molecular flexibility index (Phi) is 4.43. The smallest absolute Gasteiger partial charge is 0.267 e. The third kappa shape index (κ3) is 2.99. The lowest BCUT2D eigenvalue weighted by molar-refractivity contribution is -0.125. The molecule has 2 aliphatic heterocycles. The number of ether oxygens (including phenoxy) is 1. The van der Waals surface area contributed by atoms with Crippen LogP contribution in [0.1, 0.15) is 36.5 Å². The maximum Gasteiger partial charge on any atom is 0.267 e. The van der Waals surface area contributed by atoms with Gasteiger partial charge in [0.1, 0.15) is 12.0 Å². The summed E-state index contributed by atoms with van der Waals surface area (Å²) in [4.78, 5) is 27.6. The van der Waals surface area contributed by atoms with Crippen LogP contribution in [0, 0.1) is 0 Å². The summed E-state index contributed by atoms with van der Waals surface area (Å²) in [5.41, 5.74) is 1.28. The van der Waals surface area contributed by atoms with E-state index < -0.39 is 6.10 Å². The van der Waals surface area contributed by atoms with Gasteiger partial charge >= 0.3 is 0 Å². The molecule has 0 saturated carbocycles. The number of nitrogens with zero attached hydrogens (tertiary/aromatic N) is 2. The minimum absolute atomic E-state index is 0.0347. The Labute approximate surface area is 130 Å². The Balaban J connectivity index is 1.79. The molecule has 1 unspecified atom stereocenters. The molecule has 1 atom stereocenters. The molecule has 1 amide bonds. The van der Waals surface area contributed by atoms with Gasteiger partial charge in [0.25, 0.3) is 5.91 Å². The molecule has 2 aliphatic rings. The first kappa shape index (κ1) is 15.0. The third-order valence-corrected chi connectivity index (χ3v) is 4.42. The van der Waals surface area contributed by atoms with Gasteiger partial charge in [0.05, 0.1) is 5.69 Å². The highest BCUT2D eigenvalue weighted by Gasteiger charge is 2.31. The molecule has 118 valence electrons. The van der Waals surface area contributed by atoms with Crippen LogP contribution < -0.4 is 9.64 Å². The molecule has 1 aromatic carbocycles. The van der Waals surface area contributed by atoms with Gasteiger partial charge in [0, 0.05) is 18.7 Å². The lowest BCUT2D eigenvalue weighted by Crippen LogP contribution is -2.48. The van der Waals surface area contributed by atoms with Crippen molar-refractivity contribution in [2.75, 3.05) is 31.1 Å². The Morgan fingerprint density at radius 2 is 2.00 bits per heavy atom. The molecular formula is C17H22N2O3. The number of aldehydes is 1. The number of hydrogen-bond donors (Lipinski definition) is 0. The fraction of sp³-hybridized carbons (Fsp3) is 0.529. The number of carbonyl (C=O) groups excluding carboxylic acids is 2. The van der Waals surface area contributed by atoms with Crippen molar-refractivity contribution in [2.24, 2.45) is 0 Å². The van der Waals surface area contributed by atoms with Gasteiger partial charge in [0.15, 0.2) is 6.10 Å². The fourth-order valence-corrected chi connectivity index (χ4v) is 3.15. The van der Waals surface area contributed by atoms with Crippen LogP contribution in [0.25, 0.3) is 0 Å². The summed E-state index contributed by atoms with van der Waals surface area (Å²) in [5, 5.41) is 0. The second-order valence-corrected chi connectivity index (χ2v) is 6.00. The summed E-state index contributed by atoms with van der Waals surface area (Å²) >= 11 is 0. The van der Waals surface area contributed by atoms with Crippen LogP contribution in [0.15, 0.2) is 18.2 Å². The van der Waals surface area contributed by atoms with Crippen molar-refractivity contribution in [2.45, 2.75) is 32.3 Å². The third-order valence-electron chi connectivity index (χ3n) is 4.42. The topological polar surface area (TPSA) is 49.9 Å². The summed E-state index contributed by atoms with van der Waals surface area (Å²) < 4.78 is 5.64. The number of carbonyl (C=O) groups is 2. The summed E-state index contributed by atoms with van der Waals surface area (Å²) in [6, 6.07) is 5.23. The first-order valence-corrected chi connectivity index (χ1v) is 7.98. The van der Waals surface area contributed by atoms with Crippen molar-refractivity contribution in [1.82, 2.24) is 4.90 Å². The van der Waals surface area contributed by atoms with Crippen LogP contribution in [0.4, 0.5) is 5.69 Å². The second-order valence-electron chi connectivity index (χ2n) is 6.00. The molecule has 1 saturated heterocycles. The van der Waals surface area contributed by atoms with Gasteiger partial charge in [-0.05, 0) is 51.1 Å². The predicted molar refractivity (Wildman–Crippen MR) is 84.6 cm³/mol. The predicted octanol–water partition coefficient (Wildman–Crippen LogP) is 2.10. The van der Waals surface area contributed by atoms with Crippen LogP contribution in [0.3, 0.4) is 0 Å². The number of hydrogen-bond acceptors (Lipinski definition) is 4. The number of piperidine rings is 1. The normalized spacial score (nSPS) is 22.1. The van der Waals surface area contributed by atoms with Crippen molar-refractivity contribution in [3.05, 3.63) is 23.8 Å². The van der Waals surface area contributed by atoms with E-state index in [1.807, 2.05) is 0 Å². The molecule has 5 heteroatoms. The van der Waals surface area contributed by atoms with Crippen LogP contribution in [-0.2, 0) is 4.79 Å². The van der Waals surface area contributed by atoms with Gasteiger partial charge in [-0.15, -0.1) is 0 Å². The van der Waals surface area contributed by atoms with Crippen LogP contribution >= 0.6 is 0 Å². The van der Waals surface area contributed by atoms with Gasteiger partial charge in [-0.3, -0.25) is 9.59 Å². The van der Waals surface area contributed by atoms with E-state index in [2.05, 4.69) is 4.90 Å². The summed E-state index contributed by atoms with van der Waals surface area (Å²) in [7, 11) is 0. The Bertz CT molecular complexity index is 567. The molecule has 0 spiro atoms. The molecule has 0 N–H and O–H groups in total. The van der Waals surface area contributed by atoms with Crippen molar-refractivity contribution in [3.63, 3.8) is 0 Å². The Morgan fingerprint density at radius 1 is 1.23 bits per heavy atom. The summed E-state index contributed by atoms with van der Waals surface area (Å²) in [5.74, 6) is 0.643. The molecule has 1 fully saturated rings. The highest BCUT2D eigenvalue weighted by molar-refractivity contribution is 6.00. The van der Waals surface area contributed by atoms with E-state index in [0.717, 1.165) is 25.9 Å². The molecule has 0 bridgehead atoms. The Hall–Kier alpha value is -1.88. The highest BCUT2D eigenvalue weighted by Crippen LogP contribution is 2.34. The Morgan fingerprint density at radius 3 is 2.73 bits per heavy atom. The van der Waals surface area contributed by atoms with E-state index in [9.17, 15) is 9.59 Å². The maximum atomic E-state index is 12.5. The zero-order valence-corrected chi connectivity index (χ0v) is 13.0. The van der Waals surface area contributed by atoms with E-state index >= 15 is 0 Å². The summed E-state index contributed by atoms with van der Waals surface area (Å²) in [6.07, 6.45) is 4.09. The van der Waals surface area contributed by atoms with Gasteiger partial charge in [0.2, 0.25) is 0 Å². The number of amides is 1. The molecule has 5 nitrogen and oxygen atoms in total. The van der Waals surface area contributed by atoms with E-state index in [4.69, 9.17) is 4.74 Å². The second kappa shape index (κ2) is 6.48. The zero-order chi connectivity index (χ0) is 15.5. The van der Waals surface area contributed by atoms with Gasteiger partial charge < -0.3 is 14.5 Å². The largest absolute Gasteiger partial charge is 0.479 e. The van der Waals surface area contributed by atoms with Crippen molar-refractivity contribution in [3.8, 4) is 5.75 Å². The van der Waals surface area contributed by atoms with Crippen molar-refractivity contribution in [1.29, 1.82) is 0 Å². The fourth-order valence-electron chi connectivity index (χ4n) is 3.15. The monoisotopic (exact) mass is 302 g/mol. The van der Waals surface area contributed by atoms with E-state index in [0.29, 0.717) is 23.5 Å². The number of rotatable bonds is 4. The van der Waals surface area contributed by atoms with Crippen LogP contribution in [-0.4, -0.2) is 49.4 Å². The van der Waals surface area contributed by atoms with E-state index in [1.165, 1.54) is 19.3 Å². The van der Waals surface area contributed by atoms with E-state index in [-0.39, 0.29) is 5.91 Å². The zero-order valence-electron chi connectivity index (χ0n) is 13.0. The first-order valence-electron chi connectivity index (χ1n) is 7.98. The molecule has 0 radical (unpaired) electrons. The quantitative estimate of drug-likeness (QED) is 0.799. The van der Waals surface area contributed by atoms with Crippen LogP contribution in [0.2, 0.25) is 0 Å². The van der Waals surface area contributed by atoms with Gasteiger partial charge in [-0.25, -0.2) is 0 Å². The molecule has 0 aliphatic carbocycles. The van der Waals surface area contributed by atoms with Crippen LogP contribution in [0.5, 0.6) is 5.75 Å². The molecular weight excluding hydrogens is 280 g/mol. The first-order chi connectivity index (χ1) is 10.7. The van der Waals surface area contributed by atoms with E-state index in [1.54, 1.807) is 30.0 Å². The molecule has 0 aromatic heterocycles. The lowest BCUT2D eigenvalue weighted by Gasteiger charge is -2.35. The maximum absolute atomic E-state index is 12.5. The molecule has 2 heterocycles. The number of fused-ring (bicyclic) bond motifs is 1. The summed E-state index contributed by atoms with van der Waals surface area (Å²) in [6.45, 7) is 5.49.